The molecule has 0 amide bonds. The maximum Gasteiger partial charge on any atom is 0.343 e. The number of methoxy groups -OCH3 is 4. The van der Waals surface area contributed by atoms with Crippen LogP contribution in [0, 0.1) is 6.92 Å². The summed E-state index contributed by atoms with van der Waals surface area (Å²) >= 11 is 1.47. The Morgan fingerprint density at radius 3 is 2.32 bits per heavy atom. The van der Waals surface area contributed by atoms with Gasteiger partial charge in [0.1, 0.15) is 34.3 Å². The molecule has 0 saturated heterocycles. The van der Waals surface area contributed by atoms with E-state index in [4.69, 9.17) is 38.1 Å². The van der Waals surface area contributed by atoms with Crippen molar-refractivity contribution in [3.8, 4) is 45.6 Å². The molecule has 2 heterocycles. The summed E-state index contributed by atoms with van der Waals surface area (Å²) in [7, 11) is 6.17. The highest BCUT2D eigenvalue weighted by atomic mass is 32.1. The molecule has 0 aliphatic heterocycles. The van der Waals surface area contributed by atoms with E-state index in [9.17, 15) is 4.79 Å². The number of aromatic nitrogens is 1. The van der Waals surface area contributed by atoms with Crippen LogP contribution < -0.4 is 24.3 Å². The SMILES string of the molecule is COC(=O)COc1ccc2oc(-c3ccc(OC)cc3)cc(=Nc3nc(-c4ccc(OC)cc4OC)c(C)s3)c2c1. The highest BCUT2D eigenvalue weighted by Crippen LogP contribution is 2.38. The fraction of sp³-hybridized carbons (Fsp3) is 0.194. The first-order valence-electron chi connectivity index (χ1n) is 12.6. The Morgan fingerprint density at radius 1 is 0.878 bits per heavy atom. The minimum Gasteiger partial charge on any atom is -0.497 e. The van der Waals surface area contributed by atoms with E-state index in [0.29, 0.717) is 44.5 Å². The van der Waals surface area contributed by atoms with Gasteiger partial charge in [-0.2, -0.15) is 0 Å². The highest BCUT2D eigenvalue weighted by molar-refractivity contribution is 7.15. The molecule has 5 rings (SSSR count). The van der Waals surface area contributed by atoms with Crippen molar-refractivity contribution >= 4 is 33.4 Å². The van der Waals surface area contributed by atoms with E-state index < -0.39 is 5.97 Å². The van der Waals surface area contributed by atoms with Crippen LogP contribution in [0.2, 0.25) is 0 Å². The summed E-state index contributed by atoms with van der Waals surface area (Å²) in [6.45, 7) is 1.78. The van der Waals surface area contributed by atoms with Crippen LogP contribution in [0.15, 0.2) is 76.1 Å². The van der Waals surface area contributed by atoms with Gasteiger partial charge in [0.15, 0.2) is 6.61 Å². The fourth-order valence-electron chi connectivity index (χ4n) is 4.21. The molecule has 0 saturated carbocycles. The van der Waals surface area contributed by atoms with Gasteiger partial charge < -0.3 is 28.1 Å². The molecule has 0 N–H and O–H groups in total. The zero-order valence-corrected chi connectivity index (χ0v) is 24.0. The first-order chi connectivity index (χ1) is 19.9. The van der Waals surface area contributed by atoms with Gasteiger partial charge in [0.25, 0.3) is 0 Å². The molecule has 0 atom stereocenters. The average Bonchev–Trinajstić information content (AvgIpc) is 3.38. The second kappa shape index (κ2) is 12.1. The second-order valence-electron chi connectivity index (χ2n) is 8.83. The van der Waals surface area contributed by atoms with Crippen LogP contribution in [0.25, 0.3) is 33.6 Å². The topological polar surface area (TPSA) is 102 Å². The van der Waals surface area contributed by atoms with E-state index in [1.54, 1.807) is 39.5 Å². The molecule has 210 valence electrons. The van der Waals surface area contributed by atoms with Crippen LogP contribution >= 0.6 is 11.3 Å². The fourth-order valence-corrected chi connectivity index (χ4v) is 5.01. The van der Waals surface area contributed by atoms with E-state index in [0.717, 1.165) is 27.4 Å². The first-order valence-corrected chi connectivity index (χ1v) is 13.4. The lowest BCUT2D eigenvalue weighted by atomic mass is 10.1. The minimum absolute atomic E-state index is 0.214. The third-order valence-electron chi connectivity index (χ3n) is 6.34. The Bertz CT molecular complexity index is 1770. The smallest absolute Gasteiger partial charge is 0.343 e. The van der Waals surface area contributed by atoms with Crippen LogP contribution in [0.4, 0.5) is 5.13 Å². The summed E-state index contributed by atoms with van der Waals surface area (Å²) in [5.74, 6) is 2.71. The summed E-state index contributed by atoms with van der Waals surface area (Å²) in [6.07, 6.45) is 0. The van der Waals surface area contributed by atoms with E-state index in [2.05, 4.69) is 0 Å². The highest BCUT2D eigenvalue weighted by Gasteiger charge is 2.16. The molecular formula is C31H28N2O7S. The van der Waals surface area contributed by atoms with Gasteiger partial charge in [-0.3, -0.25) is 0 Å². The summed E-state index contributed by atoms with van der Waals surface area (Å²) in [6, 6.07) is 20.4. The van der Waals surface area contributed by atoms with Gasteiger partial charge in [-0.25, -0.2) is 14.8 Å². The van der Waals surface area contributed by atoms with Gasteiger partial charge in [0, 0.05) is 33.5 Å². The number of aryl methyl sites for hydroxylation is 1. The zero-order valence-electron chi connectivity index (χ0n) is 23.2. The molecule has 0 aliphatic rings. The molecule has 5 aromatic rings. The Morgan fingerprint density at radius 2 is 1.61 bits per heavy atom. The van der Waals surface area contributed by atoms with Gasteiger partial charge in [-0.15, -0.1) is 0 Å². The monoisotopic (exact) mass is 572 g/mol. The van der Waals surface area contributed by atoms with Crippen molar-refractivity contribution in [3.63, 3.8) is 0 Å². The Labute approximate surface area is 240 Å². The van der Waals surface area contributed by atoms with Crippen LogP contribution in [0.1, 0.15) is 4.88 Å². The Hall–Kier alpha value is -4.83. The van der Waals surface area contributed by atoms with Crippen LogP contribution in [0.5, 0.6) is 23.0 Å². The molecule has 41 heavy (non-hydrogen) atoms. The maximum atomic E-state index is 11.6. The number of ether oxygens (including phenoxy) is 5. The Balaban J connectivity index is 1.64. The number of hydrogen-bond donors (Lipinski definition) is 0. The van der Waals surface area contributed by atoms with Gasteiger partial charge in [-0.1, -0.05) is 11.3 Å². The van der Waals surface area contributed by atoms with Crippen LogP contribution in [-0.4, -0.2) is 46.0 Å². The number of nitrogens with zero attached hydrogens (tertiary/aromatic N) is 2. The molecular weight excluding hydrogens is 544 g/mol. The van der Waals surface area contributed by atoms with Gasteiger partial charge in [-0.05, 0) is 61.5 Å². The number of rotatable bonds is 9. The largest absolute Gasteiger partial charge is 0.497 e. The normalized spacial score (nSPS) is 11.4. The van der Waals surface area contributed by atoms with Crippen molar-refractivity contribution in [1.82, 2.24) is 4.98 Å². The lowest BCUT2D eigenvalue weighted by Gasteiger charge is -2.09. The van der Waals surface area contributed by atoms with E-state index in [1.807, 2.05) is 55.5 Å². The molecule has 0 bridgehead atoms. The van der Waals surface area contributed by atoms with Crippen molar-refractivity contribution in [2.24, 2.45) is 4.99 Å². The second-order valence-corrected chi connectivity index (χ2v) is 10.0. The first kappa shape index (κ1) is 27.7. The number of fused-ring (bicyclic) bond motifs is 1. The summed E-state index contributed by atoms with van der Waals surface area (Å²) in [5, 5.41) is 1.88. The van der Waals surface area contributed by atoms with Crippen molar-refractivity contribution in [1.29, 1.82) is 0 Å². The molecule has 0 spiro atoms. The van der Waals surface area contributed by atoms with Crippen LogP contribution in [0.3, 0.4) is 0 Å². The Kier molecular flexibility index (Phi) is 8.21. The number of carbonyl (C=O) groups excluding carboxylic acids is 1. The van der Waals surface area contributed by atoms with Crippen molar-refractivity contribution < 1.29 is 32.9 Å². The number of esters is 1. The van der Waals surface area contributed by atoms with Gasteiger partial charge in [0.05, 0.1) is 39.5 Å². The molecule has 0 aliphatic carbocycles. The third kappa shape index (κ3) is 6.02. The number of thiazole rings is 1. The molecule has 3 aromatic carbocycles. The van der Waals surface area contributed by atoms with Gasteiger partial charge in [0.2, 0.25) is 5.13 Å². The molecule has 0 radical (unpaired) electrons. The van der Waals surface area contributed by atoms with Gasteiger partial charge >= 0.3 is 5.97 Å². The van der Waals surface area contributed by atoms with Crippen LogP contribution in [-0.2, 0) is 9.53 Å². The standard InChI is InChI=1S/C31H28N2O7S/c1-18-30(23-12-10-21(36-3)15-28(23)37-4)33-31(41-18)32-25-16-27(19-6-8-20(35-2)9-7-19)40-26-13-11-22(14-24(25)26)39-17-29(34)38-5/h6-16H,17H2,1-5H3. The predicted molar refractivity (Wildman–Crippen MR) is 156 cm³/mol. The zero-order chi connectivity index (χ0) is 28.9. The molecule has 0 unspecified atom stereocenters. The van der Waals surface area contributed by atoms with Crippen molar-refractivity contribution in [3.05, 3.63) is 77.0 Å². The summed E-state index contributed by atoms with van der Waals surface area (Å²) in [5.41, 5.74) is 3.06. The van der Waals surface area contributed by atoms with Crippen molar-refractivity contribution in [2.75, 3.05) is 35.0 Å². The number of hydrogen-bond acceptors (Lipinski definition) is 10. The predicted octanol–water partition coefficient (Wildman–Crippen LogP) is 6.34. The lowest BCUT2D eigenvalue weighted by Crippen LogP contribution is -2.12. The third-order valence-corrected chi connectivity index (χ3v) is 7.20. The summed E-state index contributed by atoms with van der Waals surface area (Å²) < 4.78 is 32.8. The molecule has 2 aromatic heterocycles. The quantitative estimate of drug-likeness (QED) is 0.189. The number of benzene rings is 3. The number of carbonyl (C=O) groups is 1. The van der Waals surface area contributed by atoms with E-state index in [-0.39, 0.29) is 6.61 Å². The maximum absolute atomic E-state index is 11.6. The van der Waals surface area contributed by atoms with Crippen molar-refractivity contribution in [2.45, 2.75) is 6.92 Å². The average molecular weight is 573 g/mol. The minimum atomic E-state index is -0.478. The van der Waals surface area contributed by atoms with E-state index in [1.165, 1.54) is 18.4 Å². The van der Waals surface area contributed by atoms with E-state index >= 15 is 0 Å². The summed E-state index contributed by atoms with van der Waals surface area (Å²) in [4.78, 5) is 22.4. The molecule has 9 nitrogen and oxygen atoms in total. The molecule has 0 fully saturated rings. The lowest BCUT2D eigenvalue weighted by molar-refractivity contribution is -0.142. The molecule has 10 heteroatoms.